The molecule has 0 aromatic carbocycles. The van der Waals surface area contributed by atoms with Gasteiger partial charge in [-0.05, 0) is 39.3 Å². The monoisotopic (exact) mass is 310 g/mol. The van der Waals surface area contributed by atoms with Crippen molar-refractivity contribution in [2.75, 3.05) is 19.7 Å². The third-order valence-corrected chi connectivity index (χ3v) is 6.23. The molecule has 0 amide bonds. The van der Waals surface area contributed by atoms with E-state index in [9.17, 15) is 5.11 Å². The van der Waals surface area contributed by atoms with Gasteiger partial charge in [-0.15, -0.1) is 11.3 Å². The van der Waals surface area contributed by atoms with Crippen LogP contribution in [0, 0.1) is 5.41 Å². The van der Waals surface area contributed by atoms with E-state index in [0.717, 1.165) is 51.9 Å². The van der Waals surface area contributed by atoms with Crippen LogP contribution in [0.25, 0.3) is 0 Å². The summed E-state index contributed by atoms with van der Waals surface area (Å²) in [7, 11) is 0. The predicted molar refractivity (Wildman–Crippen MR) is 84.5 cm³/mol. The van der Waals surface area contributed by atoms with Gasteiger partial charge in [0.2, 0.25) is 0 Å². The lowest BCUT2D eigenvalue weighted by Gasteiger charge is -2.56. The van der Waals surface area contributed by atoms with Crippen LogP contribution in [0.15, 0.2) is 5.38 Å². The second kappa shape index (κ2) is 6.32. The van der Waals surface area contributed by atoms with E-state index < -0.39 is 0 Å². The number of nitrogens with zero attached hydrogens (tertiary/aromatic N) is 2. The molecule has 1 saturated heterocycles. The highest BCUT2D eigenvalue weighted by atomic mass is 32.1. The molecule has 3 rings (SSSR count). The van der Waals surface area contributed by atoms with Crippen LogP contribution in [0.5, 0.6) is 0 Å². The largest absolute Gasteiger partial charge is 0.392 e. The fourth-order valence-electron chi connectivity index (χ4n) is 3.76. The number of ether oxygens (including phenoxy) is 1. The molecule has 4 nitrogen and oxygen atoms in total. The fourth-order valence-corrected chi connectivity index (χ4v) is 4.49. The number of aromatic nitrogens is 1. The molecule has 21 heavy (non-hydrogen) atoms. The van der Waals surface area contributed by atoms with E-state index in [1.165, 1.54) is 10.7 Å². The van der Waals surface area contributed by atoms with E-state index in [4.69, 9.17) is 4.74 Å². The summed E-state index contributed by atoms with van der Waals surface area (Å²) >= 11 is 1.76. The van der Waals surface area contributed by atoms with Crippen LogP contribution < -0.4 is 0 Å². The summed E-state index contributed by atoms with van der Waals surface area (Å²) in [5.41, 5.74) is 1.23. The Morgan fingerprint density at radius 2 is 2.19 bits per heavy atom. The lowest BCUT2D eigenvalue weighted by atomic mass is 9.58. The minimum absolute atomic E-state index is 0.0309. The van der Waals surface area contributed by atoms with Crippen molar-refractivity contribution in [3.05, 3.63) is 16.1 Å². The van der Waals surface area contributed by atoms with Crippen molar-refractivity contribution < 1.29 is 9.84 Å². The first-order chi connectivity index (χ1) is 10.2. The molecule has 2 heterocycles. The van der Waals surface area contributed by atoms with Crippen LogP contribution >= 0.6 is 11.3 Å². The summed E-state index contributed by atoms with van der Waals surface area (Å²) in [6, 6.07) is 0. The van der Waals surface area contributed by atoms with Crippen molar-refractivity contribution >= 4 is 11.3 Å². The summed E-state index contributed by atoms with van der Waals surface area (Å²) < 4.78 is 5.82. The molecule has 0 radical (unpaired) electrons. The standard InChI is InChI=1S/C16H26N2O2S/c1-3-15-17-12(11-21-15)10-18-7-5-16(6-8-18)13(19)9-14(16)20-4-2/h11,13-14,19H,3-10H2,1-2H3. The number of likely N-dealkylation sites (tertiary alicyclic amines) is 1. The first-order valence-corrected chi connectivity index (χ1v) is 9.01. The van der Waals surface area contributed by atoms with E-state index in [0.29, 0.717) is 0 Å². The molecule has 2 unspecified atom stereocenters. The molecule has 2 fully saturated rings. The lowest BCUT2D eigenvalue weighted by molar-refractivity contribution is -0.209. The summed E-state index contributed by atoms with van der Waals surface area (Å²) in [4.78, 5) is 7.12. The van der Waals surface area contributed by atoms with Crippen molar-refractivity contribution in [3.63, 3.8) is 0 Å². The quantitative estimate of drug-likeness (QED) is 0.907. The van der Waals surface area contributed by atoms with E-state index in [2.05, 4.69) is 22.2 Å². The molecule has 2 atom stereocenters. The number of piperidine rings is 1. The summed E-state index contributed by atoms with van der Waals surface area (Å²) in [5.74, 6) is 0. The average Bonchev–Trinajstić information content (AvgIpc) is 2.95. The molecule has 1 aliphatic carbocycles. The number of aliphatic hydroxyl groups is 1. The smallest absolute Gasteiger partial charge is 0.0926 e. The Hall–Kier alpha value is -0.490. The maximum atomic E-state index is 10.2. The summed E-state index contributed by atoms with van der Waals surface area (Å²) in [6.45, 7) is 7.98. The molecule has 1 N–H and O–H groups in total. The molecule has 1 aromatic rings. The van der Waals surface area contributed by atoms with Crippen molar-refractivity contribution in [2.45, 2.75) is 58.3 Å². The zero-order valence-electron chi connectivity index (χ0n) is 13.0. The highest BCUT2D eigenvalue weighted by Gasteiger charge is 2.55. The van der Waals surface area contributed by atoms with Gasteiger partial charge in [0.15, 0.2) is 0 Å². The van der Waals surface area contributed by atoms with E-state index >= 15 is 0 Å². The van der Waals surface area contributed by atoms with Gasteiger partial charge in [-0.3, -0.25) is 4.90 Å². The van der Waals surface area contributed by atoms with Gasteiger partial charge < -0.3 is 9.84 Å². The Morgan fingerprint density at radius 3 is 2.76 bits per heavy atom. The molecule has 1 aliphatic heterocycles. The first kappa shape index (κ1) is 15.4. The topological polar surface area (TPSA) is 45.6 Å². The van der Waals surface area contributed by atoms with Crippen molar-refractivity contribution in [1.29, 1.82) is 0 Å². The molecule has 1 spiro atoms. The van der Waals surface area contributed by atoms with Gasteiger partial charge >= 0.3 is 0 Å². The van der Waals surface area contributed by atoms with Crippen LogP contribution in [0.3, 0.4) is 0 Å². The van der Waals surface area contributed by atoms with Crippen LogP contribution in [0.2, 0.25) is 0 Å². The minimum atomic E-state index is -0.165. The third-order valence-electron chi connectivity index (χ3n) is 5.18. The average molecular weight is 310 g/mol. The molecule has 1 aromatic heterocycles. The lowest BCUT2D eigenvalue weighted by Crippen LogP contribution is -2.62. The fraction of sp³-hybridized carbons (Fsp3) is 0.812. The SMILES string of the molecule is CCOC1CC(O)C12CCN(Cc1csc(CC)n1)CC2. The molecule has 2 aliphatic rings. The third kappa shape index (κ3) is 2.89. The first-order valence-electron chi connectivity index (χ1n) is 8.13. The van der Waals surface area contributed by atoms with Gasteiger partial charge in [-0.2, -0.15) is 0 Å². The Bertz CT molecular complexity index is 467. The second-order valence-corrected chi connectivity index (χ2v) is 7.23. The Morgan fingerprint density at radius 1 is 1.43 bits per heavy atom. The zero-order chi connectivity index (χ0) is 14.9. The van der Waals surface area contributed by atoms with Gasteiger partial charge in [0.05, 0.1) is 22.9 Å². The number of aliphatic hydroxyl groups excluding tert-OH is 1. The molecule has 5 heteroatoms. The summed E-state index contributed by atoms with van der Waals surface area (Å²) in [6.07, 6.45) is 4.04. The Kier molecular flexibility index (Phi) is 4.64. The molecular weight excluding hydrogens is 284 g/mol. The van der Waals surface area contributed by atoms with Gasteiger partial charge in [-0.1, -0.05) is 6.92 Å². The van der Waals surface area contributed by atoms with Gasteiger partial charge in [-0.25, -0.2) is 4.98 Å². The summed E-state index contributed by atoms with van der Waals surface area (Å²) in [5, 5.41) is 13.6. The van der Waals surface area contributed by atoms with Crippen LogP contribution in [-0.2, 0) is 17.7 Å². The predicted octanol–water partition coefficient (Wildman–Crippen LogP) is 2.46. The normalized spacial score (nSPS) is 28.7. The van der Waals surface area contributed by atoms with Gasteiger partial charge in [0.1, 0.15) is 0 Å². The number of thiazole rings is 1. The van der Waals surface area contributed by atoms with E-state index in [1.807, 2.05) is 6.92 Å². The van der Waals surface area contributed by atoms with E-state index in [1.54, 1.807) is 11.3 Å². The number of aryl methyl sites for hydroxylation is 1. The number of hydrogen-bond acceptors (Lipinski definition) is 5. The molecular formula is C16H26N2O2S. The van der Waals surface area contributed by atoms with Crippen molar-refractivity contribution in [2.24, 2.45) is 5.41 Å². The second-order valence-electron chi connectivity index (χ2n) is 6.29. The van der Waals surface area contributed by atoms with Gasteiger partial charge in [0.25, 0.3) is 0 Å². The van der Waals surface area contributed by atoms with Crippen molar-refractivity contribution in [3.8, 4) is 0 Å². The maximum Gasteiger partial charge on any atom is 0.0926 e. The van der Waals surface area contributed by atoms with Gasteiger partial charge in [0, 0.05) is 30.4 Å². The number of rotatable bonds is 5. The number of hydrogen-bond donors (Lipinski definition) is 1. The molecule has 0 bridgehead atoms. The Balaban J connectivity index is 1.55. The van der Waals surface area contributed by atoms with Crippen LogP contribution in [-0.4, -0.2) is 46.9 Å². The molecule has 1 saturated carbocycles. The minimum Gasteiger partial charge on any atom is -0.392 e. The zero-order valence-corrected chi connectivity index (χ0v) is 13.9. The highest BCUT2D eigenvalue weighted by Crippen LogP contribution is 2.51. The Labute approximate surface area is 131 Å². The maximum absolute atomic E-state index is 10.2. The molecule has 118 valence electrons. The highest BCUT2D eigenvalue weighted by molar-refractivity contribution is 7.09. The van der Waals surface area contributed by atoms with E-state index in [-0.39, 0.29) is 17.6 Å². The van der Waals surface area contributed by atoms with Crippen LogP contribution in [0.1, 0.15) is 43.8 Å². The van der Waals surface area contributed by atoms with Crippen molar-refractivity contribution in [1.82, 2.24) is 9.88 Å². The van der Waals surface area contributed by atoms with Crippen LogP contribution in [0.4, 0.5) is 0 Å².